The van der Waals surface area contributed by atoms with Crippen molar-refractivity contribution < 1.29 is 19.8 Å². The molecule has 0 amide bonds. The summed E-state index contributed by atoms with van der Waals surface area (Å²) in [5.74, 6) is 0. The monoisotopic (exact) mass is 517 g/mol. The lowest BCUT2D eigenvalue weighted by Crippen LogP contribution is -2.10. The molecule has 4 aromatic carbocycles. The van der Waals surface area contributed by atoms with Crippen LogP contribution in [0, 0.1) is 19.1 Å². The van der Waals surface area contributed by atoms with Crippen molar-refractivity contribution in [2.24, 2.45) is 5.41 Å². The minimum absolute atomic E-state index is 0.0325. The third-order valence-electron chi connectivity index (χ3n) is 6.98. The van der Waals surface area contributed by atoms with Crippen molar-refractivity contribution in [3.8, 4) is 22.4 Å². The van der Waals surface area contributed by atoms with E-state index in [0.717, 1.165) is 10.8 Å². The molecule has 7 rings (SSSR count). The summed E-state index contributed by atoms with van der Waals surface area (Å²) in [6.45, 7) is 0.185. The van der Waals surface area contributed by atoms with Gasteiger partial charge >= 0.3 is 0 Å². The summed E-state index contributed by atoms with van der Waals surface area (Å²) < 4.78 is 80.0. The Bertz CT molecular complexity index is 2350. The van der Waals surface area contributed by atoms with Crippen LogP contribution in [0.15, 0.2) is 93.9 Å². The maximum Gasteiger partial charge on any atom is 0.144 e. The van der Waals surface area contributed by atoms with Gasteiger partial charge in [-0.3, -0.25) is 4.98 Å². The van der Waals surface area contributed by atoms with Crippen molar-refractivity contribution >= 4 is 43.9 Å². The first kappa shape index (κ1) is 16.6. The average molecular weight is 518 g/mol. The summed E-state index contributed by atoms with van der Waals surface area (Å²) in [4.78, 5) is 4.50. The zero-order valence-corrected chi connectivity index (χ0v) is 21.8. The van der Waals surface area contributed by atoms with Gasteiger partial charge in [-0.1, -0.05) is 69.3 Å². The first-order valence-corrected chi connectivity index (χ1v) is 12.9. The van der Waals surface area contributed by atoms with E-state index >= 15 is 0 Å². The Kier molecular flexibility index (Phi) is 3.64. The molecule has 0 bridgehead atoms. The first-order chi connectivity index (χ1) is 22.0. The van der Waals surface area contributed by atoms with E-state index in [2.05, 4.69) is 4.98 Å². The maximum atomic E-state index is 8.96. The number of hydrogen-bond acceptors (Lipinski definition) is 3. The van der Waals surface area contributed by atoms with Gasteiger partial charge in [0, 0.05) is 55.4 Å². The number of hydrogen-bond donors (Lipinski definition) is 0. The second-order valence-corrected chi connectivity index (χ2v) is 11.0. The van der Waals surface area contributed by atoms with Gasteiger partial charge in [0.15, 0.2) is 0 Å². The number of para-hydroxylation sites is 3. The second-order valence-electron chi connectivity index (χ2n) is 11.0. The minimum Gasteiger partial charge on any atom is -0.455 e. The number of furan rings is 2. The molecule has 3 nitrogen and oxygen atoms in total. The van der Waals surface area contributed by atoms with Gasteiger partial charge in [-0.25, -0.2) is 0 Å². The van der Waals surface area contributed by atoms with Crippen LogP contribution in [0.1, 0.15) is 48.4 Å². The smallest absolute Gasteiger partial charge is 0.144 e. The van der Waals surface area contributed by atoms with Gasteiger partial charge in [-0.2, -0.15) is 0 Å². The molecular formula is C36H31NO2. The highest BCUT2D eigenvalue weighted by Crippen LogP contribution is 2.43. The van der Waals surface area contributed by atoms with E-state index in [1.54, 1.807) is 45.0 Å². The van der Waals surface area contributed by atoms with Gasteiger partial charge < -0.3 is 8.83 Å². The molecule has 0 atom stereocenters. The molecule has 7 aromatic rings. The Balaban J connectivity index is 1.53. The lowest BCUT2D eigenvalue weighted by atomic mass is 9.86. The van der Waals surface area contributed by atoms with Crippen molar-refractivity contribution in [3.05, 3.63) is 102 Å². The molecular weight excluding hydrogens is 478 g/mol. The average Bonchev–Trinajstić information content (AvgIpc) is 3.57. The predicted molar refractivity (Wildman–Crippen MR) is 162 cm³/mol. The van der Waals surface area contributed by atoms with Crippen LogP contribution in [-0.4, -0.2) is 4.98 Å². The largest absolute Gasteiger partial charge is 0.455 e. The van der Waals surface area contributed by atoms with E-state index in [4.69, 9.17) is 19.8 Å². The number of aromatic nitrogens is 1. The predicted octanol–water partition coefficient (Wildman–Crippen LogP) is 10.4. The Labute approximate surface area is 239 Å². The number of rotatable bonds is 3. The summed E-state index contributed by atoms with van der Waals surface area (Å²) in [6, 6.07) is 23.6. The first-order valence-electron chi connectivity index (χ1n) is 16.9. The van der Waals surface area contributed by atoms with Gasteiger partial charge in [0.1, 0.15) is 22.3 Å². The zero-order valence-electron chi connectivity index (χ0n) is 29.8. The van der Waals surface area contributed by atoms with Crippen LogP contribution in [-0.2, 0) is 6.37 Å². The third kappa shape index (κ3) is 3.92. The molecule has 3 heteroatoms. The van der Waals surface area contributed by atoms with Crippen molar-refractivity contribution in [1.82, 2.24) is 4.98 Å². The Morgan fingerprint density at radius 1 is 0.718 bits per heavy atom. The molecule has 0 aliphatic heterocycles. The normalized spacial score (nSPS) is 16.4. The van der Waals surface area contributed by atoms with E-state index in [9.17, 15) is 0 Å². The standard InChI is InChI=1S/C36H31NO2/c1-21-16-29(26-12-8-11-25-24-10-6-7-15-32(24)38-33(25)26)35-30(17-21)27-13-9-14-28(34(27)39-35)31-18-23(19-36(3,4)5)22(2)20-37-31/h6-18,20H,19H2,1-5H3/i1D3,2D3,19D2. The Morgan fingerprint density at radius 2 is 1.44 bits per heavy atom. The summed E-state index contributed by atoms with van der Waals surface area (Å²) in [6.07, 6.45) is -0.785. The minimum atomic E-state index is -2.58. The van der Waals surface area contributed by atoms with Crippen LogP contribution in [0.25, 0.3) is 66.3 Å². The molecule has 0 saturated carbocycles. The molecule has 0 radical (unpaired) electrons. The maximum absolute atomic E-state index is 8.96. The van der Waals surface area contributed by atoms with Crippen molar-refractivity contribution in [2.75, 3.05) is 0 Å². The fraction of sp³-hybridized carbons (Fsp3) is 0.194. The number of nitrogens with zero attached hydrogens (tertiary/aromatic N) is 1. The summed E-state index contributed by atoms with van der Waals surface area (Å²) in [5.41, 5.74) is 3.37. The number of aryl methyl sites for hydroxylation is 2. The molecule has 0 unspecified atom stereocenters. The quantitative estimate of drug-likeness (QED) is 0.234. The summed E-state index contributed by atoms with van der Waals surface area (Å²) >= 11 is 0. The van der Waals surface area contributed by atoms with Crippen LogP contribution in [0.5, 0.6) is 0 Å². The van der Waals surface area contributed by atoms with Gasteiger partial charge in [0.05, 0.1) is 5.69 Å². The summed E-state index contributed by atoms with van der Waals surface area (Å²) in [5, 5.41) is 3.06. The topological polar surface area (TPSA) is 39.2 Å². The summed E-state index contributed by atoms with van der Waals surface area (Å²) in [7, 11) is 0. The molecule has 0 aliphatic carbocycles. The van der Waals surface area contributed by atoms with E-state index in [-0.39, 0.29) is 16.7 Å². The third-order valence-corrected chi connectivity index (χ3v) is 6.98. The molecule has 0 fully saturated rings. The van der Waals surface area contributed by atoms with Crippen molar-refractivity contribution in [1.29, 1.82) is 0 Å². The van der Waals surface area contributed by atoms with Crippen molar-refractivity contribution in [3.63, 3.8) is 0 Å². The van der Waals surface area contributed by atoms with E-state index in [1.807, 2.05) is 48.5 Å². The molecule has 0 spiro atoms. The fourth-order valence-electron chi connectivity index (χ4n) is 5.37. The fourth-order valence-corrected chi connectivity index (χ4v) is 5.37. The highest BCUT2D eigenvalue weighted by atomic mass is 16.3. The van der Waals surface area contributed by atoms with Crippen LogP contribution < -0.4 is 0 Å². The van der Waals surface area contributed by atoms with E-state index in [1.165, 1.54) is 12.3 Å². The van der Waals surface area contributed by atoms with E-state index in [0.29, 0.717) is 55.5 Å². The molecule has 0 N–H and O–H groups in total. The van der Waals surface area contributed by atoms with Crippen molar-refractivity contribution in [2.45, 2.75) is 40.8 Å². The van der Waals surface area contributed by atoms with Gasteiger partial charge in [0.25, 0.3) is 0 Å². The lowest BCUT2D eigenvalue weighted by molar-refractivity contribution is 0.410. The van der Waals surface area contributed by atoms with Crippen LogP contribution in [0.2, 0.25) is 0 Å². The molecule has 192 valence electrons. The van der Waals surface area contributed by atoms with Crippen LogP contribution in [0.4, 0.5) is 0 Å². The van der Waals surface area contributed by atoms with Crippen LogP contribution in [0.3, 0.4) is 0 Å². The molecule has 0 aliphatic rings. The van der Waals surface area contributed by atoms with Gasteiger partial charge in [-0.15, -0.1) is 0 Å². The highest BCUT2D eigenvalue weighted by molar-refractivity contribution is 6.16. The molecule has 39 heavy (non-hydrogen) atoms. The SMILES string of the molecule is [2H]C([2H])([2H])c1cc(-c2cccc3c2oc2ccccc23)c2oc3c(-c4cc(C([2H])([2H])C(C)(C)C)c(C([2H])([2H])[2H])cn4)cccc3c2c1. The molecule has 3 heterocycles. The molecule has 3 aromatic heterocycles. The number of pyridine rings is 1. The van der Waals surface area contributed by atoms with Gasteiger partial charge in [-0.05, 0) is 72.5 Å². The van der Waals surface area contributed by atoms with Gasteiger partial charge in [0.2, 0.25) is 0 Å². The highest BCUT2D eigenvalue weighted by Gasteiger charge is 2.21. The number of benzene rings is 4. The van der Waals surface area contributed by atoms with E-state index < -0.39 is 25.5 Å². The Hall–Kier alpha value is -4.37. The second kappa shape index (κ2) is 8.57. The Morgan fingerprint density at radius 3 is 2.23 bits per heavy atom. The molecule has 0 saturated heterocycles. The van der Waals surface area contributed by atoms with Crippen LogP contribution >= 0.6 is 0 Å². The lowest BCUT2D eigenvalue weighted by Gasteiger charge is -2.20. The number of fused-ring (bicyclic) bond motifs is 6. The zero-order chi connectivity index (χ0) is 33.7.